The molecule has 0 unspecified atom stereocenters. The van der Waals surface area contributed by atoms with Crippen LogP contribution in [0.15, 0.2) is 47.4 Å². The Balaban J connectivity index is 1.92. The molecular formula is C20H16F3N3O3. The molecule has 6 nitrogen and oxygen atoms in total. The fourth-order valence-corrected chi connectivity index (χ4v) is 2.91. The first kappa shape index (κ1) is 20.1. The lowest BCUT2D eigenvalue weighted by atomic mass is 10.1. The van der Waals surface area contributed by atoms with Crippen LogP contribution in [0.3, 0.4) is 0 Å². The van der Waals surface area contributed by atoms with Gasteiger partial charge in [-0.3, -0.25) is 14.4 Å². The van der Waals surface area contributed by atoms with Gasteiger partial charge in [0.1, 0.15) is 6.04 Å². The number of hydrogen-bond acceptors (Lipinski definition) is 3. The SMILES string of the molecule is C[C@H](C(N)=O)n1ccc2c(NC(=O)Cc3ccc(F)c(F)c3F)cccc2c1=O. The zero-order chi connectivity index (χ0) is 21.3. The average molecular weight is 403 g/mol. The molecule has 3 rings (SSSR count). The number of primary amides is 1. The van der Waals surface area contributed by atoms with Gasteiger partial charge in [-0.1, -0.05) is 12.1 Å². The minimum Gasteiger partial charge on any atom is -0.368 e. The molecule has 3 aromatic rings. The molecule has 29 heavy (non-hydrogen) atoms. The van der Waals surface area contributed by atoms with E-state index < -0.39 is 47.3 Å². The van der Waals surface area contributed by atoms with E-state index in [0.717, 1.165) is 12.1 Å². The topological polar surface area (TPSA) is 94.2 Å². The molecule has 0 fully saturated rings. The summed E-state index contributed by atoms with van der Waals surface area (Å²) in [5, 5.41) is 3.16. The highest BCUT2D eigenvalue weighted by Gasteiger charge is 2.18. The van der Waals surface area contributed by atoms with Crippen molar-refractivity contribution in [1.82, 2.24) is 4.57 Å². The second-order valence-electron chi connectivity index (χ2n) is 6.43. The number of benzene rings is 2. The summed E-state index contributed by atoms with van der Waals surface area (Å²) in [4.78, 5) is 36.3. The summed E-state index contributed by atoms with van der Waals surface area (Å²) in [7, 11) is 0. The predicted molar refractivity (Wildman–Crippen MR) is 101 cm³/mol. The Morgan fingerprint density at radius 3 is 2.48 bits per heavy atom. The molecule has 0 radical (unpaired) electrons. The maximum Gasteiger partial charge on any atom is 0.259 e. The van der Waals surface area contributed by atoms with E-state index in [4.69, 9.17) is 5.73 Å². The van der Waals surface area contributed by atoms with Crippen molar-refractivity contribution in [2.75, 3.05) is 5.32 Å². The zero-order valence-electron chi connectivity index (χ0n) is 15.2. The Labute approximate surface area is 162 Å². The van der Waals surface area contributed by atoms with Crippen molar-refractivity contribution >= 4 is 28.3 Å². The smallest absolute Gasteiger partial charge is 0.259 e. The normalized spacial score (nSPS) is 12.0. The summed E-state index contributed by atoms with van der Waals surface area (Å²) >= 11 is 0. The molecule has 0 aliphatic heterocycles. The number of aromatic nitrogens is 1. The zero-order valence-corrected chi connectivity index (χ0v) is 15.2. The van der Waals surface area contributed by atoms with E-state index in [0.29, 0.717) is 5.39 Å². The first-order chi connectivity index (χ1) is 13.7. The van der Waals surface area contributed by atoms with Crippen molar-refractivity contribution < 1.29 is 22.8 Å². The van der Waals surface area contributed by atoms with Crippen molar-refractivity contribution in [1.29, 1.82) is 0 Å². The van der Waals surface area contributed by atoms with E-state index in [1.807, 2.05) is 0 Å². The monoisotopic (exact) mass is 403 g/mol. The van der Waals surface area contributed by atoms with Crippen LogP contribution in [0, 0.1) is 17.5 Å². The fraction of sp³-hybridized carbons (Fsp3) is 0.150. The molecule has 1 aromatic heterocycles. The van der Waals surface area contributed by atoms with Crippen molar-refractivity contribution in [2.45, 2.75) is 19.4 Å². The number of amides is 2. The van der Waals surface area contributed by atoms with Crippen molar-refractivity contribution in [3.8, 4) is 0 Å². The number of nitrogens with one attached hydrogen (secondary N) is 1. The quantitative estimate of drug-likeness (QED) is 0.642. The minimum atomic E-state index is -1.65. The molecule has 0 aliphatic rings. The third-order valence-electron chi connectivity index (χ3n) is 4.54. The van der Waals surface area contributed by atoms with Gasteiger partial charge in [0.05, 0.1) is 6.42 Å². The predicted octanol–water partition coefficient (Wildman–Crippen LogP) is 2.65. The molecule has 3 N–H and O–H groups in total. The number of halogens is 3. The Morgan fingerprint density at radius 2 is 1.79 bits per heavy atom. The van der Waals surface area contributed by atoms with E-state index in [2.05, 4.69) is 5.32 Å². The second-order valence-corrected chi connectivity index (χ2v) is 6.43. The van der Waals surface area contributed by atoms with Gasteiger partial charge in [-0.25, -0.2) is 13.2 Å². The molecule has 0 saturated heterocycles. The summed E-state index contributed by atoms with van der Waals surface area (Å²) < 4.78 is 41.3. The van der Waals surface area contributed by atoms with E-state index in [-0.39, 0.29) is 16.6 Å². The Kier molecular flexibility index (Phi) is 5.40. The summed E-state index contributed by atoms with van der Waals surface area (Å²) in [6.07, 6.45) is 0.847. The molecular weight excluding hydrogens is 387 g/mol. The average Bonchev–Trinajstić information content (AvgIpc) is 2.68. The van der Waals surface area contributed by atoms with Crippen LogP contribution in [0.2, 0.25) is 0 Å². The van der Waals surface area contributed by atoms with Gasteiger partial charge in [0, 0.05) is 28.2 Å². The number of anilines is 1. The molecule has 2 aromatic carbocycles. The van der Waals surface area contributed by atoms with Gasteiger partial charge in [0.2, 0.25) is 11.8 Å². The number of fused-ring (bicyclic) bond motifs is 1. The lowest BCUT2D eigenvalue weighted by Gasteiger charge is -2.14. The van der Waals surface area contributed by atoms with E-state index in [1.165, 1.54) is 42.0 Å². The molecule has 1 atom stereocenters. The molecule has 0 bridgehead atoms. The molecule has 0 aliphatic carbocycles. The maximum atomic E-state index is 13.8. The number of nitrogens with two attached hydrogens (primary N) is 1. The van der Waals surface area contributed by atoms with E-state index >= 15 is 0 Å². The van der Waals surface area contributed by atoms with Crippen LogP contribution < -0.4 is 16.6 Å². The highest BCUT2D eigenvalue weighted by atomic mass is 19.2. The van der Waals surface area contributed by atoms with Gasteiger partial charge in [-0.15, -0.1) is 0 Å². The van der Waals surface area contributed by atoms with Crippen molar-refractivity contribution in [3.63, 3.8) is 0 Å². The number of hydrogen-bond donors (Lipinski definition) is 2. The molecule has 0 saturated carbocycles. The first-order valence-electron chi connectivity index (χ1n) is 8.56. The van der Waals surface area contributed by atoms with Crippen molar-refractivity contribution in [2.24, 2.45) is 5.73 Å². The maximum absolute atomic E-state index is 13.8. The Hall–Kier alpha value is -3.62. The van der Waals surface area contributed by atoms with Gasteiger partial charge in [-0.2, -0.15) is 0 Å². The van der Waals surface area contributed by atoms with Gasteiger partial charge in [-0.05, 0) is 31.2 Å². The Bertz CT molecular complexity index is 1190. The molecule has 1 heterocycles. The summed E-state index contributed by atoms with van der Waals surface area (Å²) in [6, 6.07) is 6.97. The third kappa shape index (κ3) is 3.84. The van der Waals surface area contributed by atoms with Gasteiger partial charge < -0.3 is 15.6 Å². The van der Waals surface area contributed by atoms with Crippen LogP contribution in [-0.4, -0.2) is 16.4 Å². The number of carbonyl (C=O) groups excluding carboxylic acids is 2. The van der Waals surface area contributed by atoms with Gasteiger partial charge in [0.15, 0.2) is 17.5 Å². The molecule has 150 valence electrons. The highest BCUT2D eigenvalue weighted by Crippen LogP contribution is 2.22. The summed E-state index contributed by atoms with van der Waals surface area (Å²) in [5.41, 5.74) is 4.73. The number of nitrogens with zero attached hydrogens (tertiary/aromatic N) is 1. The molecule has 0 spiro atoms. The van der Waals surface area contributed by atoms with Crippen LogP contribution in [0.25, 0.3) is 10.8 Å². The summed E-state index contributed by atoms with van der Waals surface area (Å²) in [6.45, 7) is 1.48. The van der Waals surface area contributed by atoms with Gasteiger partial charge >= 0.3 is 0 Å². The summed E-state index contributed by atoms with van der Waals surface area (Å²) in [5.74, 6) is -5.78. The van der Waals surface area contributed by atoms with Crippen LogP contribution in [-0.2, 0) is 16.0 Å². The van der Waals surface area contributed by atoms with Crippen LogP contribution in [0.4, 0.5) is 18.9 Å². The van der Waals surface area contributed by atoms with Crippen LogP contribution >= 0.6 is 0 Å². The molecule has 2 amide bonds. The third-order valence-corrected chi connectivity index (χ3v) is 4.54. The molecule has 9 heteroatoms. The largest absolute Gasteiger partial charge is 0.368 e. The van der Waals surface area contributed by atoms with E-state index in [9.17, 15) is 27.6 Å². The highest BCUT2D eigenvalue weighted by molar-refractivity contribution is 6.02. The second kappa shape index (κ2) is 7.78. The minimum absolute atomic E-state index is 0.234. The van der Waals surface area contributed by atoms with E-state index in [1.54, 1.807) is 0 Å². The fourth-order valence-electron chi connectivity index (χ4n) is 2.91. The van der Waals surface area contributed by atoms with Crippen molar-refractivity contribution in [3.05, 3.63) is 76.0 Å². The number of carbonyl (C=O) groups is 2. The Morgan fingerprint density at radius 1 is 1.07 bits per heavy atom. The number of pyridine rings is 1. The van der Waals surface area contributed by atoms with Crippen LogP contribution in [0.5, 0.6) is 0 Å². The lowest BCUT2D eigenvalue weighted by molar-refractivity contribution is -0.120. The lowest BCUT2D eigenvalue weighted by Crippen LogP contribution is -2.31. The van der Waals surface area contributed by atoms with Crippen LogP contribution in [0.1, 0.15) is 18.5 Å². The van der Waals surface area contributed by atoms with Gasteiger partial charge in [0.25, 0.3) is 5.56 Å². The number of rotatable bonds is 5. The standard InChI is InChI=1S/C20H16F3N3O3/c1-10(19(24)28)26-8-7-12-13(20(26)29)3-2-4-15(12)25-16(27)9-11-5-6-14(21)18(23)17(11)22/h2-8,10H,9H2,1H3,(H2,24,28)(H,25,27)/t10-/m1/s1. The first-order valence-corrected chi connectivity index (χ1v) is 8.56.